The minimum Gasteiger partial charge on any atom is -0.368 e. The number of aromatic nitrogens is 1. The van der Waals surface area contributed by atoms with Gasteiger partial charge in [-0.25, -0.2) is 0 Å². The zero-order valence-electron chi connectivity index (χ0n) is 13.0. The molecular weight excluding hydrogens is 246 g/mol. The summed E-state index contributed by atoms with van der Waals surface area (Å²) in [7, 11) is 0. The maximum absolute atomic E-state index is 4.51. The standard InChI is InChI=1S/C17H27N3/c1-12-4-5-14(3)20(11-12)17-8-13(2)18-9-15(17)10-19-16-6-7-16/h8-9,12,14,16,19H,4-7,10-11H2,1-3H3. The maximum atomic E-state index is 4.51. The largest absolute Gasteiger partial charge is 0.368 e. The van der Waals surface area contributed by atoms with Gasteiger partial charge in [-0.3, -0.25) is 4.98 Å². The molecule has 2 fully saturated rings. The molecule has 2 atom stereocenters. The molecule has 3 heteroatoms. The number of pyridine rings is 1. The van der Waals surface area contributed by atoms with Gasteiger partial charge in [0, 0.05) is 48.3 Å². The van der Waals surface area contributed by atoms with Crippen LogP contribution in [0.25, 0.3) is 0 Å². The van der Waals surface area contributed by atoms with E-state index < -0.39 is 0 Å². The van der Waals surface area contributed by atoms with Crippen LogP contribution in [0.15, 0.2) is 12.3 Å². The minimum absolute atomic E-state index is 0.646. The third kappa shape index (κ3) is 3.14. The molecule has 20 heavy (non-hydrogen) atoms. The highest BCUT2D eigenvalue weighted by atomic mass is 15.2. The summed E-state index contributed by atoms with van der Waals surface area (Å²) in [5.74, 6) is 0.795. The summed E-state index contributed by atoms with van der Waals surface area (Å²) >= 11 is 0. The van der Waals surface area contributed by atoms with Gasteiger partial charge in [-0.2, -0.15) is 0 Å². The highest BCUT2D eigenvalue weighted by molar-refractivity contribution is 5.55. The molecule has 2 heterocycles. The lowest BCUT2D eigenvalue weighted by Crippen LogP contribution is -2.42. The summed E-state index contributed by atoms with van der Waals surface area (Å²) in [6.07, 6.45) is 7.42. The number of aryl methyl sites for hydroxylation is 1. The molecule has 1 aromatic heterocycles. The Labute approximate surface area is 122 Å². The van der Waals surface area contributed by atoms with Crippen LogP contribution in [-0.4, -0.2) is 23.6 Å². The molecular formula is C17H27N3. The number of anilines is 1. The molecule has 0 spiro atoms. The van der Waals surface area contributed by atoms with Crippen molar-refractivity contribution in [1.29, 1.82) is 0 Å². The zero-order chi connectivity index (χ0) is 14.1. The lowest BCUT2D eigenvalue weighted by Gasteiger charge is -2.39. The van der Waals surface area contributed by atoms with Gasteiger partial charge in [0.25, 0.3) is 0 Å². The highest BCUT2D eigenvalue weighted by Gasteiger charge is 2.26. The number of piperidine rings is 1. The molecule has 1 aliphatic carbocycles. The van der Waals surface area contributed by atoms with E-state index in [2.05, 4.69) is 48.2 Å². The zero-order valence-corrected chi connectivity index (χ0v) is 13.0. The lowest BCUT2D eigenvalue weighted by molar-refractivity contribution is 0.389. The van der Waals surface area contributed by atoms with E-state index in [1.165, 1.54) is 43.5 Å². The maximum Gasteiger partial charge on any atom is 0.0448 e. The van der Waals surface area contributed by atoms with E-state index in [0.29, 0.717) is 6.04 Å². The van der Waals surface area contributed by atoms with Gasteiger partial charge in [0.15, 0.2) is 0 Å². The summed E-state index contributed by atoms with van der Waals surface area (Å²) < 4.78 is 0. The molecule has 1 aromatic rings. The monoisotopic (exact) mass is 273 g/mol. The first kappa shape index (κ1) is 13.9. The summed E-state index contributed by atoms with van der Waals surface area (Å²) in [6.45, 7) is 8.97. The van der Waals surface area contributed by atoms with E-state index >= 15 is 0 Å². The lowest BCUT2D eigenvalue weighted by atomic mass is 9.94. The van der Waals surface area contributed by atoms with Gasteiger partial charge in [0.05, 0.1) is 0 Å². The van der Waals surface area contributed by atoms with Gasteiger partial charge >= 0.3 is 0 Å². The summed E-state index contributed by atoms with van der Waals surface area (Å²) in [4.78, 5) is 7.11. The highest BCUT2D eigenvalue weighted by Crippen LogP contribution is 2.31. The molecule has 0 amide bonds. The molecule has 1 aliphatic heterocycles. The van der Waals surface area contributed by atoms with Crippen molar-refractivity contribution in [3.8, 4) is 0 Å². The molecule has 2 aliphatic rings. The first-order valence-corrected chi connectivity index (χ1v) is 8.09. The van der Waals surface area contributed by atoms with Crippen molar-refractivity contribution >= 4 is 5.69 Å². The average molecular weight is 273 g/mol. The number of rotatable bonds is 4. The van der Waals surface area contributed by atoms with Gasteiger partial charge in [0.1, 0.15) is 0 Å². The Morgan fingerprint density at radius 2 is 2.05 bits per heavy atom. The Hall–Kier alpha value is -1.09. The Balaban J connectivity index is 1.82. The van der Waals surface area contributed by atoms with E-state index in [4.69, 9.17) is 0 Å². The SMILES string of the molecule is Cc1cc(N2CC(C)CCC2C)c(CNC2CC2)cn1. The van der Waals surface area contributed by atoms with Crippen molar-refractivity contribution in [3.05, 3.63) is 23.5 Å². The number of hydrogen-bond acceptors (Lipinski definition) is 3. The second-order valence-electron chi connectivity index (χ2n) is 6.79. The van der Waals surface area contributed by atoms with Gasteiger partial charge in [0.2, 0.25) is 0 Å². The first-order chi connectivity index (χ1) is 9.63. The van der Waals surface area contributed by atoms with Gasteiger partial charge in [-0.1, -0.05) is 6.92 Å². The quantitative estimate of drug-likeness (QED) is 0.912. The van der Waals surface area contributed by atoms with Crippen LogP contribution >= 0.6 is 0 Å². The third-order valence-electron chi connectivity index (χ3n) is 4.68. The molecule has 1 saturated carbocycles. The van der Waals surface area contributed by atoms with Crippen LogP contribution in [0.3, 0.4) is 0 Å². The molecule has 3 nitrogen and oxygen atoms in total. The van der Waals surface area contributed by atoms with E-state index in [1.54, 1.807) is 0 Å². The van der Waals surface area contributed by atoms with Gasteiger partial charge in [-0.05, 0) is 51.5 Å². The number of hydrogen-bond donors (Lipinski definition) is 1. The Morgan fingerprint density at radius 3 is 2.80 bits per heavy atom. The average Bonchev–Trinajstić information content (AvgIpc) is 3.24. The van der Waals surface area contributed by atoms with Crippen LogP contribution < -0.4 is 10.2 Å². The van der Waals surface area contributed by atoms with Gasteiger partial charge in [-0.15, -0.1) is 0 Å². The van der Waals surface area contributed by atoms with E-state index in [9.17, 15) is 0 Å². The number of nitrogens with one attached hydrogen (secondary N) is 1. The normalized spacial score (nSPS) is 26.9. The Bertz CT molecular complexity index is 467. The fourth-order valence-corrected chi connectivity index (χ4v) is 3.14. The van der Waals surface area contributed by atoms with Crippen molar-refractivity contribution in [3.63, 3.8) is 0 Å². The van der Waals surface area contributed by atoms with Crippen LogP contribution in [0.4, 0.5) is 5.69 Å². The molecule has 1 N–H and O–H groups in total. The fraction of sp³-hybridized carbons (Fsp3) is 0.706. The smallest absolute Gasteiger partial charge is 0.0448 e. The summed E-state index contributed by atoms with van der Waals surface area (Å²) in [5.41, 5.74) is 3.90. The van der Waals surface area contributed by atoms with Crippen LogP contribution in [-0.2, 0) is 6.54 Å². The minimum atomic E-state index is 0.646. The fourth-order valence-electron chi connectivity index (χ4n) is 3.14. The van der Waals surface area contributed by atoms with E-state index in [1.807, 2.05) is 0 Å². The van der Waals surface area contributed by atoms with Crippen LogP contribution in [0.1, 0.15) is 50.8 Å². The predicted octanol–water partition coefficient (Wildman–Crippen LogP) is 3.27. The topological polar surface area (TPSA) is 28.2 Å². The molecule has 0 aromatic carbocycles. The molecule has 2 unspecified atom stereocenters. The molecule has 1 saturated heterocycles. The number of nitrogens with zero attached hydrogens (tertiary/aromatic N) is 2. The second-order valence-corrected chi connectivity index (χ2v) is 6.79. The van der Waals surface area contributed by atoms with Crippen molar-refractivity contribution in [2.24, 2.45) is 5.92 Å². The van der Waals surface area contributed by atoms with Crippen molar-refractivity contribution in [1.82, 2.24) is 10.3 Å². The first-order valence-electron chi connectivity index (χ1n) is 8.09. The molecule has 110 valence electrons. The van der Waals surface area contributed by atoms with Crippen LogP contribution in [0, 0.1) is 12.8 Å². The van der Waals surface area contributed by atoms with E-state index in [0.717, 1.165) is 24.2 Å². The predicted molar refractivity (Wildman–Crippen MR) is 84.0 cm³/mol. The Kier molecular flexibility index (Phi) is 3.97. The molecule has 0 radical (unpaired) electrons. The van der Waals surface area contributed by atoms with E-state index in [-0.39, 0.29) is 0 Å². The van der Waals surface area contributed by atoms with Crippen molar-refractivity contribution in [2.45, 2.75) is 65.1 Å². The van der Waals surface area contributed by atoms with Crippen molar-refractivity contribution < 1.29 is 0 Å². The van der Waals surface area contributed by atoms with Gasteiger partial charge < -0.3 is 10.2 Å². The summed E-state index contributed by atoms with van der Waals surface area (Å²) in [6, 6.07) is 3.67. The van der Waals surface area contributed by atoms with Crippen LogP contribution in [0.2, 0.25) is 0 Å². The molecule has 3 rings (SSSR count). The van der Waals surface area contributed by atoms with Crippen molar-refractivity contribution in [2.75, 3.05) is 11.4 Å². The Morgan fingerprint density at radius 1 is 1.25 bits per heavy atom. The third-order valence-corrected chi connectivity index (χ3v) is 4.68. The molecule has 0 bridgehead atoms. The van der Waals surface area contributed by atoms with Crippen LogP contribution in [0.5, 0.6) is 0 Å². The second kappa shape index (κ2) is 5.72. The summed E-state index contributed by atoms with van der Waals surface area (Å²) in [5, 5.41) is 3.63.